The molecule has 1 aliphatic rings. The van der Waals surface area contributed by atoms with Gasteiger partial charge in [-0.1, -0.05) is 25.4 Å². The van der Waals surface area contributed by atoms with E-state index in [4.69, 9.17) is 11.6 Å². The molecular formula is C22H29ClN4O2S. The summed E-state index contributed by atoms with van der Waals surface area (Å²) in [5.74, 6) is 0.0230. The normalized spacial score (nSPS) is 15.8. The smallest absolute Gasteiger partial charge is 0.251 e. The lowest BCUT2D eigenvalue weighted by atomic mass is 10.0. The fourth-order valence-corrected chi connectivity index (χ4v) is 4.56. The van der Waals surface area contributed by atoms with Crippen molar-refractivity contribution in [2.45, 2.75) is 39.7 Å². The average molecular weight is 449 g/mol. The van der Waals surface area contributed by atoms with Crippen molar-refractivity contribution in [3.05, 3.63) is 45.9 Å². The van der Waals surface area contributed by atoms with Gasteiger partial charge in [0.15, 0.2) is 5.13 Å². The molecular weight excluding hydrogens is 420 g/mol. The van der Waals surface area contributed by atoms with E-state index in [1.54, 1.807) is 35.6 Å². The Balaban J connectivity index is 1.66. The Morgan fingerprint density at radius 2 is 1.90 bits per heavy atom. The first-order chi connectivity index (χ1) is 14.3. The van der Waals surface area contributed by atoms with Crippen molar-refractivity contribution in [1.82, 2.24) is 15.2 Å². The molecule has 1 saturated heterocycles. The maximum Gasteiger partial charge on any atom is 0.251 e. The van der Waals surface area contributed by atoms with Crippen molar-refractivity contribution < 1.29 is 9.59 Å². The zero-order chi connectivity index (χ0) is 21.7. The van der Waals surface area contributed by atoms with Gasteiger partial charge in [-0.05, 0) is 49.9 Å². The van der Waals surface area contributed by atoms with Crippen LogP contribution in [0.4, 0.5) is 5.13 Å². The van der Waals surface area contributed by atoms with Gasteiger partial charge in [0.25, 0.3) is 5.91 Å². The van der Waals surface area contributed by atoms with Crippen LogP contribution >= 0.6 is 22.9 Å². The molecule has 1 atom stereocenters. The summed E-state index contributed by atoms with van der Waals surface area (Å²) in [6.45, 7) is 9.05. The Kier molecular flexibility index (Phi) is 7.72. The highest BCUT2D eigenvalue weighted by atomic mass is 35.5. The van der Waals surface area contributed by atoms with Gasteiger partial charge >= 0.3 is 0 Å². The molecule has 0 radical (unpaired) electrons. The SMILES string of the molecule is Cc1csc(N2CCCN(C(=O)C(CC(C)C)NC(=O)c3ccc(Cl)cc3)CC2)n1. The third kappa shape index (κ3) is 5.95. The Bertz CT molecular complexity index is 868. The number of rotatable bonds is 6. The molecule has 8 heteroatoms. The molecule has 0 bridgehead atoms. The van der Waals surface area contributed by atoms with Crippen molar-refractivity contribution in [2.75, 3.05) is 31.1 Å². The Morgan fingerprint density at radius 3 is 2.53 bits per heavy atom. The quantitative estimate of drug-likeness (QED) is 0.725. The predicted molar refractivity (Wildman–Crippen MR) is 122 cm³/mol. The van der Waals surface area contributed by atoms with E-state index in [2.05, 4.69) is 29.0 Å². The number of nitrogens with one attached hydrogen (secondary N) is 1. The minimum Gasteiger partial charge on any atom is -0.346 e. The first-order valence-electron chi connectivity index (χ1n) is 10.4. The molecule has 2 heterocycles. The molecule has 1 aliphatic heterocycles. The zero-order valence-corrected chi connectivity index (χ0v) is 19.3. The number of aryl methyl sites for hydroxylation is 1. The maximum atomic E-state index is 13.3. The number of halogens is 1. The second-order valence-electron chi connectivity index (χ2n) is 8.10. The van der Waals surface area contributed by atoms with Gasteiger partial charge in [0.1, 0.15) is 6.04 Å². The van der Waals surface area contributed by atoms with E-state index in [1.807, 2.05) is 17.2 Å². The first-order valence-corrected chi connectivity index (χ1v) is 11.6. The van der Waals surface area contributed by atoms with E-state index in [1.165, 1.54) is 0 Å². The Morgan fingerprint density at radius 1 is 1.17 bits per heavy atom. The molecule has 3 rings (SSSR count). The topological polar surface area (TPSA) is 65.5 Å². The molecule has 2 aromatic rings. The number of hydrogen-bond donors (Lipinski definition) is 1. The van der Waals surface area contributed by atoms with Crippen LogP contribution in [0.2, 0.25) is 5.02 Å². The van der Waals surface area contributed by atoms with Crippen LogP contribution in [0.15, 0.2) is 29.6 Å². The number of benzene rings is 1. The fraction of sp³-hybridized carbons (Fsp3) is 0.500. The Hall–Kier alpha value is -2.12. The van der Waals surface area contributed by atoms with Crippen molar-refractivity contribution in [3.63, 3.8) is 0 Å². The van der Waals surface area contributed by atoms with Crippen LogP contribution in [0.5, 0.6) is 0 Å². The monoisotopic (exact) mass is 448 g/mol. The molecule has 1 N–H and O–H groups in total. The highest BCUT2D eigenvalue weighted by molar-refractivity contribution is 7.13. The highest BCUT2D eigenvalue weighted by Gasteiger charge is 2.29. The molecule has 6 nitrogen and oxygen atoms in total. The van der Waals surface area contributed by atoms with E-state index in [0.29, 0.717) is 30.1 Å². The number of aromatic nitrogens is 1. The lowest BCUT2D eigenvalue weighted by Crippen LogP contribution is -2.50. The van der Waals surface area contributed by atoms with E-state index in [9.17, 15) is 9.59 Å². The summed E-state index contributed by atoms with van der Waals surface area (Å²) in [6, 6.07) is 6.17. The summed E-state index contributed by atoms with van der Waals surface area (Å²) in [4.78, 5) is 34.7. The third-order valence-corrected chi connectivity index (χ3v) is 6.37. The predicted octanol–water partition coefficient (Wildman–Crippen LogP) is 3.99. The molecule has 162 valence electrons. The molecule has 0 spiro atoms. The van der Waals surface area contributed by atoms with E-state index >= 15 is 0 Å². The van der Waals surface area contributed by atoms with Crippen molar-refractivity contribution in [2.24, 2.45) is 5.92 Å². The molecule has 0 saturated carbocycles. The van der Waals surface area contributed by atoms with Crippen LogP contribution in [0.1, 0.15) is 42.7 Å². The average Bonchev–Trinajstić information content (AvgIpc) is 2.99. The standard InChI is InChI=1S/C22H29ClN4O2S/c1-15(2)13-19(25-20(28)17-5-7-18(23)8-6-17)21(29)26-9-4-10-27(12-11-26)22-24-16(3)14-30-22/h5-8,14-15,19H,4,9-13H2,1-3H3,(H,25,28). The van der Waals surface area contributed by atoms with Crippen LogP contribution in [-0.4, -0.2) is 53.9 Å². The van der Waals surface area contributed by atoms with Gasteiger partial charge in [0, 0.05) is 42.1 Å². The summed E-state index contributed by atoms with van der Waals surface area (Å²) in [5, 5.41) is 6.59. The van der Waals surface area contributed by atoms with Crippen LogP contribution in [0, 0.1) is 12.8 Å². The molecule has 1 unspecified atom stereocenters. The fourth-order valence-electron chi connectivity index (χ4n) is 3.57. The van der Waals surface area contributed by atoms with Gasteiger partial charge in [-0.3, -0.25) is 9.59 Å². The van der Waals surface area contributed by atoms with Gasteiger partial charge in [-0.2, -0.15) is 0 Å². The summed E-state index contributed by atoms with van der Waals surface area (Å²) in [5.41, 5.74) is 1.52. The molecule has 0 aliphatic carbocycles. The number of hydrogen-bond acceptors (Lipinski definition) is 5. The second kappa shape index (κ2) is 10.3. The molecule has 30 heavy (non-hydrogen) atoms. The lowest BCUT2D eigenvalue weighted by Gasteiger charge is -2.28. The zero-order valence-electron chi connectivity index (χ0n) is 17.7. The van der Waals surface area contributed by atoms with Gasteiger partial charge in [0.2, 0.25) is 5.91 Å². The summed E-state index contributed by atoms with van der Waals surface area (Å²) < 4.78 is 0. The van der Waals surface area contributed by atoms with Crippen molar-refractivity contribution in [3.8, 4) is 0 Å². The summed E-state index contributed by atoms with van der Waals surface area (Å²) in [6.07, 6.45) is 1.48. The lowest BCUT2D eigenvalue weighted by molar-refractivity contribution is -0.133. The first kappa shape index (κ1) is 22.6. The number of carbonyl (C=O) groups is 2. The largest absolute Gasteiger partial charge is 0.346 e. The molecule has 2 amide bonds. The number of thiazole rings is 1. The van der Waals surface area contributed by atoms with Gasteiger partial charge < -0.3 is 15.1 Å². The molecule has 1 aromatic carbocycles. The van der Waals surface area contributed by atoms with Crippen molar-refractivity contribution >= 4 is 39.9 Å². The van der Waals surface area contributed by atoms with Gasteiger partial charge in [-0.25, -0.2) is 4.98 Å². The highest BCUT2D eigenvalue weighted by Crippen LogP contribution is 2.22. The van der Waals surface area contributed by atoms with E-state index < -0.39 is 6.04 Å². The van der Waals surface area contributed by atoms with E-state index in [-0.39, 0.29) is 17.7 Å². The van der Waals surface area contributed by atoms with Gasteiger partial charge in [0.05, 0.1) is 5.69 Å². The summed E-state index contributed by atoms with van der Waals surface area (Å²) in [7, 11) is 0. The molecule has 1 fully saturated rings. The molecule has 1 aromatic heterocycles. The van der Waals surface area contributed by atoms with Crippen LogP contribution in [0.25, 0.3) is 0 Å². The number of anilines is 1. The number of carbonyl (C=O) groups excluding carboxylic acids is 2. The maximum absolute atomic E-state index is 13.3. The third-order valence-electron chi connectivity index (χ3n) is 5.10. The van der Waals surface area contributed by atoms with Crippen LogP contribution < -0.4 is 10.2 Å². The van der Waals surface area contributed by atoms with Crippen LogP contribution in [-0.2, 0) is 4.79 Å². The number of amides is 2. The Labute approximate surface area is 187 Å². The van der Waals surface area contributed by atoms with Gasteiger partial charge in [-0.15, -0.1) is 11.3 Å². The number of nitrogens with zero attached hydrogens (tertiary/aromatic N) is 3. The second-order valence-corrected chi connectivity index (χ2v) is 9.37. The minimum absolute atomic E-state index is 0.0109. The summed E-state index contributed by atoms with van der Waals surface area (Å²) >= 11 is 7.56. The minimum atomic E-state index is -0.540. The van der Waals surface area contributed by atoms with Crippen molar-refractivity contribution in [1.29, 1.82) is 0 Å². The van der Waals surface area contributed by atoms with Crippen LogP contribution in [0.3, 0.4) is 0 Å². The van der Waals surface area contributed by atoms with E-state index in [0.717, 1.165) is 30.3 Å².